The van der Waals surface area contributed by atoms with Gasteiger partial charge in [0.2, 0.25) is 0 Å². The van der Waals surface area contributed by atoms with Gasteiger partial charge in [-0.05, 0) is 44.7 Å². The lowest BCUT2D eigenvalue weighted by molar-refractivity contribution is 0.112. The van der Waals surface area contributed by atoms with Crippen molar-refractivity contribution in [2.45, 2.75) is 32.7 Å². The van der Waals surface area contributed by atoms with Crippen molar-refractivity contribution in [3.05, 3.63) is 36.0 Å². The van der Waals surface area contributed by atoms with Crippen LogP contribution in [0.15, 0.2) is 30.5 Å². The summed E-state index contributed by atoms with van der Waals surface area (Å²) >= 11 is 0. The van der Waals surface area contributed by atoms with Crippen LogP contribution in [0.25, 0.3) is 11.3 Å². The van der Waals surface area contributed by atoms with Gasteiger partial charge in [0.15, 0.2) is 6.29 Å². The molecule has 1 aromatic heterocycles. The largest absolute Gasteiger partial charge is 0.494 e. The van der Waals surface area contributed by atoms with Crippen LogP contribution in [0.5, 0.6) is 5.75 Å². The molecule has 1 saturated carbocycles. The van der Waals surface area contributed by atoms with Gasteiger partial charge in [0, 0.05) is 11.8 Å². The lowest BCUT2D eigenvalue weighted by atomic mass is 10.1. The third-order valence-corrected chi connectivity index (χ3v) is 4.03. The first-order valence-electron chi connectivity index (χ1n) is 7.50. The zero-order chi connectivity index (χ0) is 14.8. The first-order valence-corrected chi connectivity index (χ1v) is 7.50. The summed E-state index contributed by atoms with van der Waals surface area (Å²) in [4.78, 5) is 11.3. The summed E-state index contributed by atoms with van der Waals surface area (Å²) in [7, 11) is 0. The van der Waals surface area contributed by atoms with Gasteiger partial charge in [-0.3, -0.25) is 9.48 Å². The third-order valence-electron chi connectivity index (χ3n) is 4.03. The molecule has 4 nitrogen and oxygen atoms in total. The first kappa shape index (κ1) is 13.9. The lowest BCUT2D eigenvalue weighted by Crippen LogP contribution is -2.07. The van der Waals surface area contributed by atoms with E-state index in [1.54, 1.807) is 0 Å². The molecule has 0 aliphatic heterocycles. The Balaban J connectivity index is 1.96. The standard InChI is InChI=1S/C17H20N2O2/c1-3-21-16-6-4-5-14(9-16)17-15(11-20)10-19(18-17)12(2)13-7-8-13/h4-6,9-13H,3,7-8H2,1-2H3. The fraction of sp³-hybridized carbons (Fsp3) is 0.412. The second-order valence-corrected chi connectivity index (χ2v) is 5.57. The molecule has 110 valence electrons. The van der Waals surface area contributed by atoms with E-state index in [0.717, 1.165) is 23.3 Å². The third kappa shape index (κ3) is 2.84. The van der Waals surface area contributed by atoms with Crippen molar-refractivity contribution in [3.63, 3.8) is 0 Å². The quantitative estimate of drug-likeness (QED) is 0.759. The smallest absolute Gasteiger partial charge is 0.153 e. The predicted molar refractivity (Wildman–Crippen MR) is 81.7 cm³/mol. The molecule has 3 rings (SSSR count). The number of hydrogen-bond acceptors (Lipinski definition) is 3. The number of ether oxygens (including phenoxy) is 1. The average Bonchev–Trinajstić information content (AvgIpc) is 3.26. The SMILES string of the molecule is CCOc1cccc(-c2nn(C(C)C3CC3)cc2C=O)c1. The van der Waals surface area contributed by atoms with E-state index in [1.165, 1.54) is 12.8 Å². The Kier molecular flexibility index (Phi) is 3.78. The van der Waals surface area contributed by atoms with Gasteiger partial charge in [-0.25, -0.2) is 0 Å². The number of rotatable bonds is 6. The number of hydrogen-bond donors (Lipinski definition) is 0. The number of nitrogens with zero attached hydrogens (tertiary/aromatic N) is 2. The van der Waals surface area contributed by atoms with E-state index in [2.05, 4.69) is 12.0 Å². The summed E-state index contributed by atoms with van der Waals surface area (Å²) in [5.74, 6) is 1.50. The van der Waals surface area contributed by atoms with E-state index in [0.29, 0.717) is 24.1 Å². The Hall–Kier alpha value is -2.10. The number of aromatic nitrogens is 2. The van der Waals surface area contributed by atoms with Gasteiger partial charge in [0.1, 0.15) is 11.4 Å². The topological polar surface area (TPSA) is 44.1 Å². The number of carbonyl (C=O) groups excluding carboxylic acids is 1. The van der Waals surface area contributed by atoms with Crippen LogP contribution in [0.3, 0.4) is 0 Å². The Morgan fingerprint density at radius 2 is 2.29 bits per heavy atom. The molecule has 1 fully saturated rings. The molecule has 0 bridgehead atoms. The highest BCUT2D eigenvalue weighted by atomic mass is 16.5. The van der Waals surface area contributed by atoms with Crippen LogP contribution >= 0.6 is 0 Å². The maximum absolute atomic E-state index is 11.3. The maximum atomic E-state index is 11.3. The molecular formula is C17H20N2O2. The van der Waals surface area contributed by atoms with Crippen LogP contribution in [-0.4, -0.2) is 22.7 Å². The zero-order valence-corrected chi connectivity index (χ0v) is 12.5. The minimum Gasteiger partial charge on any atom is -0.494 e. The second-order valence-electron chi connectivity index (χ2n) is 5.57. The van der Waals surface area contributed by atoms with Gasteiger partial charge in [0.05, 0.1) is 18.2 Å². The van der Waals surface area contributed by atoms with Crippen LogP contribution in [0.1, 0.15) is 43.1 Å². The number of benzene rings is 1. The van der Waals surface area contributed by atoms with Gasteiger partial charge in [0.25, 0.3) is 0 Å². The van der Waals surface area contributed by atoms with Crippen molar-refractivity contribution in [1.29, 1.82) is 0 Å². The Labute approximate surface area is 124 Å². The molecule has 0 N–H and O–H groups in total. The van der Waals surface area contributed by atoms with Gasteiger partial charge >= 0.3 is 0 Å². The minimum absolute atomic E-state index is 0.354. The lowest BCUT2D eigenvalue weighted by Gasteiger charge is -2.10. The van der Waals surface area contributed by atoms with Crippen LogP contribution < -0.4 is 4.74 Å². The molecule has 0 amide bonds. The summed E-state index contributed by atoms with van der Waals surface area (Å²) < 4.78 is 7.46. The second kappa shape index (κ2) is 5.72. The van der Waals surface area contributed by atoms with E-state index in [9.17, 15) is 4.79 Å². The molecule has 0 saturated heterocycles. The van der Waals surface area contributed by atoms with Gasteiger partial charge < -0.3 is 4.74 Å². The molecule has 1 unspecified atom stereocenters. The molecule has 4 heteroatoms. The Bertz CT molecular complexity index is 644. The summed E-state index contributed by atoms with van der Waals surface area (Å²) in [6, 6.07) is 8.09. The van der Waals surface area contributed by atoms with Crippen molar-refractivity contribution in [2.75, 3.05) is 6.61 Å². The van der Waals surface area contributed by atoms with Crippen molar-refractivity contribution in [2.24, 2.45) is 5.92 Å². The number of aldehydes is 1. The van der Waals surface area contributed by atoms with Gasteiger partial charge in [-0.2, -0.15) is 5.10 Å². The van der Waals surface area contributed by atoms with E-state index in [1.807, 2.05) is 42.1 Å². The van der Waals surface area contributed by atoms with Crippen LogP contribution in [-0.2, 0) is 0 Å². The van der Waals surface area contributed by atoms with Crippen molar-refractivity contribution >= 4 is 6.29 Å². The molecule has 1 heterocycles. The molecular weight excluding hydrogens is 264 g/mol. The molecule has 2 aromatic rings. The molecule has 1 atom stereocenters. The van der Waals surface area contributed by atoms with Crippen molar-refractivity contribution in [1.82, 2.24) is 9.78 Å². The summed E-state index contributed by atoms with van der Waals surface area (Å²) in [6.45, 7) is 4.74. The molecule has 21 heavy (non-hydrogen) atoms. The molecule has 1 aromatic carbocycles. The average molecular weight is 284 g/mol. The van der Waals surface area contributed by atoms with Crippen LogP contribution in [0.4, 0.5) is 0 Å². The fourth-order valence-electron chi connectivity index (χ4n) is 2.62. The monoisotopic (exact) mass is 284 g/mol. The molecule has 1 aliphatic carbocycles. The highest BCUT2D eigenvalue weighted by molar-refractivity contribution is 5.85. The summed E-state index contributed by atoms with van der Waals surface area (Å²) in [6.07, 6.45) is 5.25. The highest BCUT2D eigenvalue weighted by Gasteiger charge is 2.30. The van der Waals surface area contributed by atoms with E-state index in [-0.39, 0.29) is 0 Å². The van der Waals surface area contributed by atoms with Gasteiger partial charge in [-0.15, -0.1) is 0 Å². The molecule has 1 aliphatic rings. The highest BCUT2D eigenvalue weighted by Crippen LogP contribution is 2.39. The van der Waals surface area contributed by atoms with E-state index >= 15 is 0 Å². The fourth-order valence-corrected chi connectivity index (χ4v) is 2.62. The van der Waals surface area contributed by atoms with Crippen molar-refractivity contribution < 1.29 is 9.53 Å². The van der Waals surface area contributed by atoms with Gasteiger partial charge in [-0.1, -0.05) is 12.1 Å². The zero-order valence-electron chi connectivity index (χ0n) is 12.5. The van der Waals surface area contributed by atoms with Crippen molar-refractivity contribution in [3.8, 4) is 17.0 Å². The summed E-state index contributed by atoms with van der Waals surface area (Å²) in [5, 5.41) is 4.64. The molecule has 0 radical (unpaired) electrons. The Morgan fingerprint density at radius 1 is 1.48 bits per heavy atom. The van der Waals surface area contributed by atoms with Crippen LogP contribution in [0, 0.1) is 5.92 Å². The predicted octanol–water partition coefficient (Wildman–Crippen LogP) is 3.73. The van der Waals surface area contributed by atoms with E-state index in [4.69, 9.17) is 4.74 Å². The first-order chi connectivity index (χ1) is 10.2. The Morgan fingerprint density at radius 3 is 2.95 bits per heavy atom. The van der Waals surface area contributed by atoms with E-state index < -0.39 is 0 Å². The summed E-state index contributed by atoms with van der Waals surface area (Å²) in [5.41, 5.74) is 2.29. The maximum Gasteiger partial charge on any atom is 0.153 e. The normalized spacial score (nSPS) is 15.7. The van der Waals surface area contributed by atoms with Crippen LogP contribution in [0.2, 0.25) is 0 Å². The molecule has 0 spiro atoms. The minimum atomic E-state index is 0.354. The number of carbonyl (C=O) groups is 1.